The fourth-order valence-electron chi connectivity index (χ4n) is 1.88. The van der Waals surface area contributed by atoms with Crippen molar-refractivity contribution in [1.29, 1.82) is 0 Å². The van der Waals surface area contributed by atoms with E-state index in [1.807, 2.05) is 0 Å². The number of alkyl halides is 2. The van der Waals surface area contributed by atoms with Crippen molar-refractivity contribution in [1.82, 2.24) is 9.97 Å². The van der Waals surface area contributed by atoms with Crippen LogP contribution in [0.1, 0.15) is 22.3 Å². The number of carbonyl (C=O) groups excluding carboxylic acids is 1. The Labute approximate surface area is 135 Å². The van der Waals surface area contributed by atoms with Gasteiger partial charge < -0.3 is 4.74 Å². The van der Waals surface area contributed by atoms with E-state index in [1.165, 1.54) is 0 Å². The van der Waals surface area contributed by atoms with Crippen LogP contribution in [0.4, 0.5) is 13.2 Å². The van der Waals surface area contributed by atoms with Crippen molar-refractivity contribution in [3.63, 3.8) is 0 Å². The number of esters is 1. The number of benzene rings is 1. The lowest BCUT2D eigenvalue weighted by Gasteiger charge is -2.10. The molecule has 128 valence electrons. The molecule has 1 heterocycles. The summed E-state index contributed by atoms with van der Waals surface area (Å²) in [5, 5.41) is -0.667. The first-order chi connectivity index (χ1) is 11.1. The molecule has 0 radical (unpaired) electrons. The molecule has 0 bridgehead atoms. The van der Waals surface area contributed by atoms with Crippen molar-refractivity contribution in [2.24, 2.45) is 0 Å². The topological polar surface area (TPSA) is 86.2 Å². The monoisotopic (exact) mass is 360 g/mol. The quantitative estimate of drug-likeness (QED) is 0.615. The zero-order chi connectivity index (χ0) is 18.1. The Bertz CT molecular complexity index is 901. The van der Waals surface area contributed by atoms with Crippen LogP contribution in [0, 0.1) is 5.82 Å². The number of aromatic nitrogens is 2. The lowest BCUT2D eigenvalue weighted by atomic mass is 10.0. The number of rotatable bonds is 4. The van der Waals surface area contributed by atoms with Gasteiger partial charge >= 0.3 is 5.97 Å². The molecule has 0 aliphatic carbocycles. The normalized spacial score (nSPS) is 11.6. The highest BCUT2D eigenvalue weighted by Gasteiger charge is 2.22. The molecule has 0 amide bonds. The summed E-state index contributed by atoms with van der Waals surface area (Å²) in [4.78, 5) is 18.4. The van der Waals surface area contributed by atoms with Gasteiger partial charge in [0.25, 0.3) is 6.43 Å². The zero-order valence-corrected chi connectivity index (χ0v) is 13.3. The van der Waals surface area contributed by atoms with Gasteiger partial charge in [-0.15, -0.1) is 0 Å². The molecule has 2 aromatic rings. The van der Waals surface area contributed by atoms with Gasteiger partial charge in [-0.1, -0.05) is 6.07 Å². The van der Waals surface area contributed by atoms with E-state index in [0.717, 1.165) is 31.6 Å². The molecular weight excluding hydrogens is 349 g/mol. The molecule has 24 heavy (non-hydrogen) atoms. The molecule has 0 saturated carbocycles. The summed E-state index contributed by atoms with van der Waals surface area (Å²) in [6.07, 6.45) is -1.51. The maximum atomic E-state index is 14.0. The molecule has 2 rings (SSSR count). The summed E-state index contributed by atoms with van der Waals surface area (Å²) in [6, 6.07) is 3.00. The van der Waals surface area contributed by atoms with Gasteiger partial charge in [-0.25, -0.2) is 36.4 Å². The molecule has 0 spiro atoms. The zero-order valence-electron chi connectivity index (χ0n) is 12.5. The maximum absolute atomic E-state index is 14.0. The molecule has 0 saturated heterocycles. The fraction of sp³-hybridized carbons (Fsp3) is 0.214. The summed E-state index contributed by atoms with van der Waals surface area (Å²) >= 11 is 0. The Morgan fingerprint density at radius 1 is 1.29 bits per heavy atom. The summed E-state index contributed by atoms with van der Waals surface area (Å²) in [5.74, 6) is -1.95. The Morgan fingerprint density at radius 2 is 1.96 bits per heavy atom. The second-order valence-electron chi connectivity index (χ2n) is 4.72. The van der Waals surface area contributed by atoms with Crippen LogP contribution in [-0.2, 0) is 14.6 Å². The summed E-state index contributed by atoms with van der Waals surface area (Å²) in [7, 11) is -2.78. The number of sulfone groups is 1. The standard InChI is InChI=1S/C14H11F3N2O4S/c1-23-13(20)8-4-3-7(5-10(8)15)11-9(12(16)17)6-18-14(19-11)24(2,21)22/h3-6,12H,1-2H3. The van der Waals surface area contributed by atoms with Gasteiger partial charge in [-0.3, -0.25) is 0 Å². The number of hydrogen-bond acceptors (Lipinski definition) is 6. The minimum absolute atomic E-state index is 0.122. The molecule has 0 N–H and O–H groups in total. The van der Waals surface area contributed by atoms with Crippen LogP contribution in [0.3, 0.4) is 0 Å². The highest BCUT2D eigenvalue weighted by molar-refractivity contribution is 7.90. The summed E-state index contributed by atoms with van der Waals surface area (Å²) < 4.78 is 67.6. The average molecular weight is 360 g/mol. The van der Waals surface area contributed by atoms with Crippen LogP contribution < -0.4 is 0 Å². The van der Waals surface area contributed by atoms with Gasteiger partial charge in [-0.05, 0) is 12.1 Å². The average Bonchev–Trinajstić information content (AvgIpc) is 2.52. The van der Waals surface area contributed by atoms with Gasteiger partial charge in [0.2, 0.25) is 15.0 Å². The van der Waals surface area contributed by atoms with E-state index in [-0.39, 0.29) is 5.56 Å². The van der Waals surface area contributed by atoms with Crippen LogP contribution in [0.15, 0.2) is 29.6 Å². The van der Waals surface area contributed by atoms with E-state index in [1.54, 1.807) is 0 Å². The molecule has 0 aliphatic rings. The van der Waals surface area contributed by atoms with Crippen molar-refractivity contribution >= 4 is 15.8 Å². The predicted molar refractivity (Wildman–Crippen MR) is 76.8 cm³/mol. The Morgan fingerprint density at radius 3 is 2.46 bits per heavy atom. The molecule has 0 aliphatic heterocycles. The molecule has 0 atom stereocenters. The Kier molecular flexibility index (Phi) is 4.88. The van der Waals surface area contributed by atoms with Crippen molar-refractivity contribution in [2.75, 3.05) is 13.4 Å². The highest BCUT2D eigenvalue weighted by atomic mass is 32.2. The highest BCUT2D eigenvalue weighted by Crippen LogP contribution is 2.30. The number of nitrogens with zero attached hydrogens (tertiary/aromatic N) is 2. The molecular formula is C14H11F3N2O4S. The third kappa shape index (κ3) is 3.53. The van der Waals surface area contributed by atoms with E-state index in [2.05, 4.69) is 14.7 Å². The SMILES string of the molecule is COC(=O)c1ccc(-c2nc(S(C)(=O)=O)ncc2C(F)F)cc1F. The number of carbonyl (C=O) groups is 1. The van der Waals surface area contributed by atoms with E-state index < -0.39 is 50.0 Å². The van der Waals surface area contributed by atoms with Gasteiger partial charge in [0.05, 0.1) is 23.9 Å². The van der Waals surface area contributed by atoms with Crippen LogP contribution >= 0.6 is 0 Å². The van der Waals surface area contributed by atoms with Crippen LogP contribution in [0.2, 0.25) is 0 Å². The van der Waals surface area contributed by atoms with Crippen molar-refractivity contribution in [3.8, 4) is 11.3 Å². The number of methoxy groups -OCH3 is 1. The largest absolute Gasteiger partial charge is 0.465 e. The molecule has 0 unspecified atom stereocenters. The first kappa shape index (κ1) is 17.9. The van der Waals surface area contributed by atoms with Crippen LogP contribution in [0.5, 0.6) is 0 Å². The molecule has 6 nitrogen and oxygen atoms in total. The Hall–Kier alpha value is -2.49. The summed E-state index contributed by atoms with van der Waals surface area (Å²) in [5.41, 5.74) is -1.61. The smallest absolute Gasteiger partial charge is 0.340 e. The van der Waals surface area contributed by atoms with E-state index in [4.69, 9.17) is 0 Å². The molecule has 1 aromatic heterocycles. The maximum Gasteiger partial charge on any atom is 0.340 e. The fourth-order valence-corrected chi connectivity index (χ4v) is 2.38. The minimum Gasteiger partial charge on any atom is -0.465 e. The predicted octanol–water partition coefficient (Wildman–Crippen LogP) is 2.41. The van der Waals surface area contributed by atoms with E-state index in [0.29, 0.717) is 6.20 Å². The third-order valence-corrected chi connectivity index (χ3v) is 3.87. The Balaban J connectivity index is 2.66. The minimum atomic E-state index is -3.85. The first-order valence-electron chi connectivity index (χ1n) is 6.38. The van der Waals surface area contributed by atoms with Gasteiger partial charge in [-0.2, -0.15) is 0 Å². The van der Waals surface area contributed by atoms with Crippen molar-refractivity contribution < 1.29 is 31.1 Å². The lowest BCUT2D eigenvalue weighted by molar-refractivity contribution is 0.0595. The lowest BCUT2D eigenvalue weighted by Crippen LogP contribution is -2.08. The van der Waals surface area contributed by atoms with Crippen LogP contribution in [0.25, 0.3) is 11.3 Å². The van der Waals surface area contributed by atoms with Crippen molar-refractivity contribution in [3.05, 3.63) is 41.3 Å². The number of hydrogen-bond donors (Lipinski definition) is 0. The van der Waals surface area contributed by atoms with Crippen molar-refractivity contribution in [2.45, 2.75) is 11.6 Å². The number of ether oxygens (including phenoxy) is 1. The molecule has 0 fully saturated rings. The summed E-state index contributed by atoms with van der Waals surface area (Å²) in [6.45, 7) is 0. The molecule has 1 aromatic carbocycles. The van der Waals surface area contributed by atoms with Gasteiger partial charge in [0, 0.05) is 18.0 Å². The van der Waals surface area contributed by atoms with Crippen LogP contribution in [-0.4, -0.2) is 37.7 Å². The van der Waals surface area contributed by atoms with Gasteiger partial charge in [0.1, 0.15) is 5.82 Å². The first-order valence-corrected chi connectivity index (χ1v) is 8.27. The van der Waals surface area contributed by atoms with E-state index >= 15 is 0 Å². The van der Waals surface area contributed by atoms with E-state index in [9.17, 15) is 26.4 Å². The second-order valence-corrected chi connectivity index (χ2v) is 6.63. The third-order valence-electron chi connectivity index (χ3n) is 3.01. The second kappa shape index (κ2) is 6.56. The van der Waals surface area contributed by atoms with Gasteiger partial charge in [0.15, 0.2) is 0 Å². The molecule has 10 heteroatoms. The number of halogens is 3.